The Hall–Kier alpha value is -0.725. The van der Waals surface area contributed by atoms with Crippen LogP contribution in [-0.4, -0.2) is 54.9 Å². The second-order valence-corrected chi connectivity index (χ2v) is 2.48. The van der Waals surface area contributed by atoms with Gasteiger partial charge in [0.1, 0.15) is 0 Å². The smallest absolute Gasteiger partial charge is 0.336 e. The van der Waals surface area contributed by atoms with Crippen molar-refractivity contribution in [2.75, 3.05) is 0 Å². The first-order valence-corrected chi connectivity index (χ1v) is 3.17. The predicted molar refractivity (Wildman–Crippen MR) is 48.4 cm³/mol. The Balaban J connectivity index is -0.000000720. The van der Waals surface area contributed by atoms with Crippen molar-refractivity contribution in [3.05, 3.63) is 0 Å². The fourth-order valence-electron chi connectivity index (χ4n) is 0.714. The monoisotopic (exact) mass is 322 g/mol. The molecule has 0 atom stereocenters. The number of rotatable bonds is 5. The third kappa shape index (κ3) is 7.23. The number of hydrogen-bond acceptors (Lipinski definition) is 4. The Kier molecular flexibility index (Phi) is 9.96. The molecule has 0 saturated carbocycles. The molecule has 9 heteroatoms. The number of carbonyl (C=O) groups is 3. The van der Waals surface area contributed by atoms with Crippen LogP contribution in [0.15, 0.2) is 0 Å². The third-order valence-electron chi connectivity index (χ3n) is 1.29. The molecule has 88 valence electrons. The molecule has 0 aromatic heterocycles. The Morgan fingerprint density at radius 1 is 0.933 bits per heavy atom. The Labute approximate surface area is 103 Å². The van der Waals surface area contributed by atoms with Crippen LogP contribution >= 0.6 is 0 Å². The van der Waals surface area contributed by atoms with Crippen LogP contribution in [0.1, 0.15) is 12.8 Å². The predicted octanol–water partition coefficient (Wildman–Crippen LogP) is -2.70. The minimum atomic E-state index is -2.74. The molecular formula is C6H12MoO7Si. The summed E-state index contributed by atoms with van der Waals surface area (Å²) in [7, 11) is 0. The largest absolute Gasteiger partial charge is 0.481 e. The molecule has 0 rings (SSSR count). The SMILES string of the molecule is O=C(O)CC(O)(CC(=O)O)C(=O)O.[Mo].[SiH4]. The first-order valence-electron chi connectivity index (χ1n) is 3.17. The van der Waals surface area contributed by atoms with Crippen LogP contribution in [0.5, 0.6) is 0 Å². The average molecular weight is 320 g/mol. The van der Waals surface area contributed by atoms with Gasteiger partial charge in [0.05, 0.1) is 12.8 Å². The summed E-state index contributed by atoms with van der Waals surface area (Å²) in [4.78, 5) is 30.5. The first-order chi connectivity index (χ1) is 5.78. The number of aliphatic carboxylic acids is 3. The molecule has 0 heterocycles. The van der Waals surface area contributed by atoms with Crippen molar-refractivity contribution in [3.8, 4) is 0 Å². The summed E-state index contributed by atoms with van der Waals surface area (Å²) < 4.78 is 0. The molecule has 0 aliphatic rings. The molecule has 0 fully saturated rings. The zero-order valence-electron chi connectivity index (χ0n) is 6.84. The maximum Gasteiger partial charge on any atom is 0.336 e. The summed E-state index contributed by atoms with van der Waals surface area (Å²) in [6.45, 7) is 0. The summed E-state index contributed by atoms with van der Waals surface area (Å²) in [5, 5.41) is 33.8. The number of aliphatic hydroxyl groups is 1. The van der Waals surface area contributed by atoms with Gasteiger partial charge in [0.25, 0.3) is 0 Å². The minimum absolute atomic E-state index is 0. The molecule has 0 spiro atoms. The summed E-state index contributed by atoms with van der Waals surface area (Å²) >= 11 is 0. The van der Waals surface area contributed by atoms with E-state index in [0.29, 0.717) is 0 Å². The molecule has 7 nitrogen and oxygen atoms in total. The quantitative estimate of drug-likeness (QED) is 0.405. The zero-order chi connectivity index (χ0) is 10.6. The van der Waals surface area contributed by atoms with Crippen molar-refractivity contribution in [2.24, 2.45) is 0 Å². The van der Waals surface area contributed by atoms with Gasteiger partial charge in [0.15, 0.2) is 5.60 Å². The Morgan fingerprint density at radius 3 is 1.33 bits per heavy atom. The van der Waals surface area contributed by atoms with E-state index in [1.807, 2.05) is 0 Å². The molecule has 0 bridgehead atoms. The molecule has 0 amide bonds. The van der Waals surface area contributed by atoms with Gasteiger partial charge in [-0.15, -0.1) is 0 Å². The second kappa shape index (κ2) is 7.55. The molecule has 15 heavy (non-hydrogen) atoms. The summed E-state index contributed by atoms with van der Waals surface area (Å²) in [6, 6.07) is 0. The van der Waals surface area contributed by atoms with Gasteiger partial charge in [-0.3, -0.25) is 9.59 Å². The van der Waals surface area contributed by atoms with Crippen LogP contribution in [0.25, 0.3) is 0 Å². The molecule has 0 unspecified atom stereocenters. The van der Waals surface area contributed by atoms with Crippen LogP contribution in [0.2, 0.25) is 0 Å². The third-order valence-corrected chi connectivity index (χ3v) is 1.29. The topological polar surface area (TPSA) is 132 Å². The van der Waals surface area contributed by atoms with Crippen LogP contribution in [-0.2, 0) is 35.4 Å². The van der Waals surface area contributed by atoms with Crippen LogP contribution in [0, 0.1) is 0 Å². The van der Waals surface area contributed by atoms with Gasteiger partial charge in [0, 0.05) is 21.1 Å². The standard InChI is InChI=1S/C6H8O7.Mo.H4Si/c7-3(8)1-6(13,5(11)12)2-4(9)10;;/h13H,1-2H2,(H,7,8)(H,9,10)(H,11,12);;1H4. The Morgan fingerprint density at radius 2 is 1.20 bits per heavy atom. The van der Waals surface area contributed by atoms with E-state index >= 15 is 0 Å². The van der Waals surface area contributed by atoms with Crippen molar-refractivity contribution >= 4 is 28.9 Å². The van der Waals surface area contributed by atoms with E-state index in [0.717, 1.165) is 0 Å². The van der Waals surface area contributed by atoms with Gasteiger partial charge in [-0.05, 0) is 11.0 Å². The average Bonchev–Trinajstić information content (AvgIpc) is 1.82. The number of carboxylic acid groups (broad SMARTS) is 3. The summed E-state index contributed by atoms with van der Waals surface area (Å²) in [5.74, 6) is -5.02. The fraction of sp³-hybridized carbons (Fsp3) is 0.500. The molecule has 0 saturated heterocycles. The number of carboxylic acids is 3. The number of hydrogen-bond donors (Lipinski definition) is 4. The molecular weight excluding hydrogens is 308 g/mol. The van der Waals surface area contributed by atoms with Gasteiger partial charge in [0.2, 0.25) is 0 Å². The minimum Gasteiger partial charge on any atom is -0.481 e. The van der Waals surface area contributed by atoms with Crippen molar-refractivity contribution in [2.45, 2.75) is 18.4 Å². The Bertz CT molecular complexity index is 238. The van der Waals surface area contributed by atoms with E-state index in [1.54, 1.807) is 0 Å². The summed E-state index contributed by atoms with van der Waals surface area (Å²) in [5.41, 5.74) is -2.74. The van der Waals surface area contributed by atoms with E-state index in [4.69, 9.17) is 20.4 Å². The van der Waals surface area contributed by atoms with Crippen molar-refractivity contribution in [1.29, 1.82) is 0 Å². The van der Waals surface area contributed by atoms with Gasteiger partial charge >= 0.3 is 17.9 Å². The van der Waals surface area contributed by atoms with Crippen molar-refractivity contribution in [3.63, 3.8) is 0 Å². The maximum atomic E-state index is 10.3. The molecule has 0 aromatic carbocycles. The van der Waals surface area contributed by atoms with Crippen molar-refractivity contribution < 1.29 is 55.9 Å². The van der Waals surface area contributed by atoms with Gasteiger partial charge in [-0.25, -0.2) is 4.79 Å². The normalized spacial score (nSPS) is 9.40. The second-order valence-electron chi connectivity index (χ2n) is 2.48. The molecule has 0 aliphatic carbocycles. The van der Waals surface area contributed by atoms with Gasteiger partial charge in [-0.2, -0.15) is 0 Å². The maximum absolute atomic E-state index is 10.3. The van der Waals surface area contributed by atoms with E-state index < -0.39 is 36.4 Å². The van der Waals surface area contributed by atoms with E-state index in [-0.39, 0.29) is 32.0 Å². The molecule has 4 N–H and O–H groups in total. The summed E-state index contributed by atoms with van der Waals surface area (Å²) in [6.07, 6.45) is -2.29. The zero-order valence-corrected chi connectivity index (χ0v) is 8.84. The van der Waals surface area contributed by atoms with E-state index in [9.17, 15) is 14.4 Å². The van der Waals surface area contributed by atoms with Gasteiger partial charge < -0.3 is 20.4 Å². The van der Waals surface area contributed by atoms with E-state index in [1.165, 1.54) is 0 Å². The van der Waals surface area contributed by atoms with E-state index in [2.05, 4.69) is 0 Å². The molecule has 0 aromatic rings. The van der Waals surface area contributed by atoms with Crippen LogP contribution in [0.3, 0.4) is 0 Å². The molecule has 0 radical (unpaired) electrons. The first kappa shape index (κ1) is 19.8. The fourth-order valence-corrected chi connectivity index (χ4v) is 0.714. The van der Waals surface area contributed by atoms with Crippen molar-refractivity contribution in [1.82, 2.24) is 0 Å². The van der Waals surface area contributed by atoms with Gasteiger partial charge in [-0.1, -0.05) is 0 Å². The van der Waals surface area contributed by atoms with Crippen LogP contribution in [0.4, 0.5) is 0 Å². The molecule has 0 aliphatic heterocycles. The van der Waals surface area contributed by atoms with Crippen LogP contribution < -0.4 is 0 Å².